The number of halogens is 2. The maximum Gasteiger partial charge on any atom is 0.298 e. The molecule has 1 aliphatic rings. The van der Waals surface area contributed by atoms with E-state index in [1.54, 1.807) is 48.5 Å². The van der Waals surface area contributed by atoms with Crippen LogP contribution in [0.15, 0.2) is 65.6 Å². The number of nitrogens with zero attached hydrogens (tertiary/aromatic N) is 1. The Morgan fingerprint density at radius 2 is 1.83 bits per heavy atom. The number of aryl methyl sites for hydroxylation is 1. The number of rotatable bonds is 7. The Bertz CT molecular complexity index is 1380. The molecule has 1 fully saturated rings. The predicted octanol–water partition coefficient (Wildman–Crippen LogP) is 6.57. The molecule has 0 unspecified atom stereocenters. The highest BCUT2D eigenvalue weighted by Crippen LogP contribution is 2.40. The smallest absolute Gasteiger partial charge is 0.298 e. The van der Waals surface area contributed by atoms with Gasteiger partial charge in [0, 0.05) is 10.7 Å². The van der Waals surface area contributed by atoms with Gasteiger partial charge >= 0.3 is 0 Å². The molecule has 0 saturated carbocycles. The maximum absolute atomic E-state index is 12.9. The topological polar surface area (TPSA) is 84.9 Å². The summed E-state index contributed by atoms with van der Waals surface area (Å²) in [5, 5.41) is 2.90. The largest absolute Gasteiger partial charge is 0.493 e. The molecule has 3 aromatic rings. The second-order valence-electron chi connectivity index (χ2n) is 7.73. The van der Waals surface area contributed by atoms with Gasteiger partial charge in [-0.05, 0) is 72.8 Å². The molecule has 0 spiro atoms. The van der Waals surface area contributed by atoms with Gasteiger partial charge in [-0.2, -0.15) is 0 Å². The van der Waals surface area contributed by atoms with E-state index in [0.29, 0.717) is 22.0 Å². The van der Waals surface area contributed by atoms with Crippen molar-refractivity contribution < 1.29 is 23.9 Å². The van der Waals surface area contributed by atoms with Crippen LogP contribution in [0, 0.1) is 6.92 Å². The van der Waals surface area contributed by atoms with Crippen LogP contribution in [0.3, 0.4) is 0 Å². The van der Waals surface area contributed by atoms with Crippen molar-refractivity contribution in [3.63, 3.8) is 0 Å². The first-order valence-corrected chi connectivity index (χ1v) is 12.2. The Labute approximate surface area is 222 Å². The zero-order valence-corrected chi connectivity index (χ0v) is 21.5. The summed E-state index contributed by atoms with van der Waals surface area (Å²) in [5.74, 6) is -0.389. The molecule has 0 radical (unpaired) electrons. The normalized spacial score (nSPS) is 14.3. The summed E-state index contributed by atoms with van der Waals surface area (Å²) in [5.41, 5.74) is 2.63. The van der Waals surface area contributed by atoms with Crippen molar-refractivity contribution in [2.75, 3.05) is 23.9 Å². The Hall–Kier alpha value is -3.46. The lowest BCUT2D eigenvalue weighted by molar-refractivity contribution is -0.118. The maximum atomic E-state index is 12.9. The molecule has 4 rings (SSSR count). The van der Waals surface area contributed by atoms with Gasteiger partial charge in [0.05, 0.1) is 22.7 Å². The molecule has 1 N–H and O–H groups in total. The molecule has 7 nitrogen and oxygen atoms in total. The van der Waals surface area contributed by atoms with Crippen molar-refractivity contribution in [1.82, 2.24) is 0 Å². The molecule has 1 aliphatic heterocycles. The number of carbonyl (C=O) groups excluding carboxylic acids is 3. The van der Waals surface area contributed by atoms with Gasteiger partial charge in [0.25, 0.3) is 17.1 Å². The van der Waals surface area contributed by atoms with Gasteiger partial charge in [-0.15, -0.1) is 0 Å². The summed E-state index contributed by atoms with van der Waals surface area (Å²) in [6.07, 6.45) is 1.54. The van der Waals surface area contributed by atoms with E-state index in [1.807, 2.05) is 19.1 Å². The zero-order chi connectivity index (χ0) is 25.8. The number of carbonyl (C=O) groups is 3. The summed E-state index contributed by atoms with van der Waals surface area (Å²) >= 11 is 13.2. The van der Waals surface area contributed by atoms with Crippen LogP contribution in [0.1, 0.15) is 11.1 Å². The molecule has 1 saturated heterocycles. The lowest BCUT2D eigenvalue weighted by Crippen LogP contribution is -2.27. The summed E-state index contributed by atoms with van der Waals surface area (Å²) < 4.78 is 11.0. The monoisotopic (exact) mass is 542 g/mol. The highest BCUT2D eigenvalue weighted by molar-refractivity contribution is 8.19. The van der Waals surface area contributed by atoms with E-state index in [9.17, 15) is 14.4 Å². The minimum absolute atomic E-state index is 0.179. The number of anilines is 2. The molecule has 184 valence electrons. The van der Waals surface area contributed by atoms with Crippen LogP contribution < -0.4 is 19.7 Å². The quantitative estimate of drug-likeness (QED) is 0.340. The van der Waals surface area contributed by atoms with Crippen LogP contribution >= 0.6 is 35.0 Å². The summed E-state index contributed by atoms with van der Waals surface area (Å²) in [6.45, 7) is 1.67. The zero-order valence-electron chi connectivity index (χ0n) is 19.2. The number of thioether (sulfide) groups is 1. The molecule has 0 bridgehead atoms. The van der Waals surface area contributed by atoms with E-state index in [0.717, 1.165) is 22.2 Å². The van der Waals surface area contributed by atoms with Gasteiger partial charge in [0.1, 0.15) is 0 Å². The fraction of sp³-hybridized carbons (Fsp3) is 0.115. The third kappa shape index (κ3) is 5.84. The highest BCUT2D eigenvalue weighted by atomic mass is 35.5. The van der Waals surface area contributed by atoms with Crippen LogP contribution in [0.5, 0.6) is 11.5 Å². The molecule has 3 amide bonds. The number of methoxy groups -OCH3 is 1. The van der Waals surface area contributed by atoms with Crippen LogP contribution in [-0.4, -0.2) is 30.8 Å². The lowest BCUT2D eigenvalue weighted by atomic mass is 10.1. The first-order valence-electron chi connectivity index (χ1n) is 10.7. The minimum atomic E-state index is -0.476. The van der Waals surface area contributed by atoms with Crippen molar-refractivity contribution >= 4 is 69.5 Å². The standard InChI is InChI=1S/C26H20Cl2N2O5S/c1-15-6-8-18(9-7-15)29-23(31)14-35-24-20(28)10-16(11-21(24)34-2)12-22-25(32)30(26(33)36-22)19-5-3-4-17(27)13-19/h3-13H,14H2,1-2H3,(H,29,31)/b22-12+. The third-order valence-corrected chi connectivity index (χ3v) is 6.48. The number of amides is 3. The summed E-state index contributed by atoms with van der Waals surface area (Å²) in [7, 11) is 1.43. The van der Waals surface area contributed by atoms with E-state index in [4.69, 9.17) is 32.7 Å². The molecule has 1 heterocycles. The van der Waals surface area contributed by atoms with Crippen LogP contribution in [0.4, 0.5) is 16.2 Å². The third-order valence-electron chi connectivity index (χ3n) is 5.09. The fourth-order valence-electron chi connectivity index (χ4n) is 3.39. The Balaban J connectivity index is 1.50. The highest BCUT2D eigenvalue weighted by Gasteiger charge is 2.36. The summed E-state index contributed by atoms with van der Waals surface area (Å²) in [6, 6.07) is 17.0. The second-order valence-corrected chi connectivity index (χ2v) is 9.57. The van der Waals surface area contributed by atoms with Gasteiger partial charge < -0.3 is 14.8 Å². The summed E-state index contributed by atoms with van der Waals surface area (Å²) in [4.78, 5) is 39.0. The molecule has 0 aromatic heterocycles. The molecular weight excluding hydrogens is 523 g/mol. The van der Waals surface area contributed by atoms with E-state index in [-0.39, 0.29) is 33.9 Å². The lowest BCUT2D eigenvalue weighted by Gasteiger charge is -2.14. The first kappa shape index (κ1) is 25.6. The molecule has 36 heavy (non-hydrogen) atoms. The van der Waals surface area contributed by atoms with E-state index in [1.165, 1.54) is 13.2 Å². The van der Waals surface area contributed by atoms with Gasteiger partial charge in [-0.1, -0.05) is 47.0 Å². The molecule has 3 aromatic carbocycles. The van der Waals surface area contributed by atoms with Gasteiger partial charge in [0.15, 0.2) is 18.1 Å². The van der Waals surface area contributed by atoms with E-state index in [2.05, 4.69) is 5.32 Å². The van der Waals surface area contributed by atoms with Crippen LogP contribution in [0.2, 0.25) is 10.0 Å². The van der Waals surface area contributed by atoms with Crippen molar-refractivity contribution in [2.45, 2.75) is 6.92 Å². The SMILES string of the molecule is COc1cc(/C=C2/SC(=O)N(c3cccc(Cl)c3)C2=O)cc(Cl)c1OCC(=O)Nc1ccc(C)cc1. The Morgan fingerprint density at radius 3 is 2.53 bits per heavy atom. The van der Waals surface area contributed by atoms with Crippen molar-refractivity contribution in [3.8, 4) is 11.5 Å². The number of hydrogen-bond acceptors (Lipinski definition) is 6. The van der Waals surface area contributed by atoms with E-state index < -0.39 is 11.1 Å². The first-order chi connectivity index (χ1) is 17.2. The van der Waals surface area contributed by atoms with E-state index >= 15 is 0 Å². The predicted molar refractivity (Wildman–Crippen MR) is 143 cm³/mol. The fourth-order valence-corrected chi connectivity index (χ4v) is 4.69. The van der Waals surface area contributed by atoms with Crippen molar-refractivity contribution in [2.24, 2.45) is 0 Å². The number of benzene rings is 3. The second kappa shape index (κ2) is 11.1. The number of hydrogen-bond donors (Lipinski definition) is 1. The van der Waals surface area contributed by atoms with Crippen LogP contribution in [-0.2, 0) is 9.59 Å². The number of nitrogens with one attached hydrogen (secondary N) is 1. The van der Waals surface area contributed by atoms with Gasteiger partial charge in [-0.25, -0.2) is 4.90 Å². The van der Waals surface area contributed by atoms with Crippen molar-refractivity contribution in [3.05, 3.63) is 86.7 Å². The van der Waals surface area contributed by atoms with Gasteiger partial charge in [-0.3, -0.25) is 14.4 Å². The molecule has 0 atom stereocenters. The average molecular weight is 543 g/mol. The minimum Gasteiger partial charge on any atom is -0.493 e. The number of imide groups is 1. The van der Waals surface area contributed by atoms with Gasteiger partial charge in [0.2, 0.25) is 0 Å². The van der Waals surface area contributed by atoms with Crippen molar-refractivity contribution in [1.29, 1.82) is 0 Å². The molecular formula is C26H20Cl2N2O5S. The molecule has 10 heteroatoms. The van der Waals surface area contributed by atoms with Crippen LogP contribution in [0.25, 0.3) is 6.08 Å². The Kier molecular flexibility index (Phi) is 7.88. The molecule has 0 aliphatic carbocycles. The average Bonchev–Trinajstić information content (AvgIpc) is 3.12. The Morgan fingerprint density at radius 1 is 1.08 bits per heavy atom. The number of ether oxygens (including phenoxy) is 2.